The Morgan fingerprint density at radius 1 is 1.10 bits per heavy atom. The zero-order valence-corrected chi connectivity index (χ0v) is 17.7. The summed E-state index contributed by atoms with van der Waals surface area (Å²) in [6, 6.07) is 9.77. The Morgan fingerprint density at radius 3 is 2.52 bits per heavy atom. The van der Waals surface area contributed by atoms with Crippen molar-refractivity contribution in [3.05, 3.63) is 59.4 Å². The van der Waals surface area contributed by atoms with Crippen LogP contribution in [0.3, 0.4) is 0 Å². The molecule has 31 heavy (non-hydrogen) atoms. The molecular weight excluding hydrogens is 392 g/mol. The van der Waals surface area contributed by atoms with Crippen LogP contribution in [-0.4, -0.2) is 34.2 Å². The molecule has 3 N–H and O–H groups in total. The lowest BCUT2D eigenvalue weighted by atomic mass is 9.89. The number of primary amides is 1. The molecule has 0 spiro atoms. The molecule has 162 valence electrons. The summed E-state index contributed by atoms with van der Waals surface area (Å²) in [5.74, 6) is -0.825. The summed E-state index contributed by atoms with van der Waals surface area (Å²) >= 11 is 0. The van der Waals surface area contributed by atoms with Gasteiger partial charge in [-0.05, 0) is 61.1 Å². The Hall–Kier alpha value is -3.22. The van der Waals surface area contributed by atoms with Gasteiger partial charge in [0.25, 0.3) is 0 Å². The standard InChI is InChI=1S/C24H28N4O3/c1-15-2-9-21(18-7-5-17(6-8-18)10-16-3-4-16)28(14-15)24(31)23(30)27-20-11-19(22(25)29)12-26-13-20/h5-8,11-13,15-16,21H,2-4,9-10,14H2,1H3,(H2,25,29)(H,27,30)/t15-,21+/m1/s1. The van der Waals surface area contributed by atoms with Crippen molar-refractivity contribution in [1.29, 1.82) is 0 Å². The number of anilines is 1. The number of pyridine rings is 1. The second kappa shape index (κ2) is 8.88. The Balaban J connectivity index is 1.48. The third kappa shape index (κ3) is 5.10. The van der Waals surface area contributed by atoms with E-state index in [1.54, 1.807) is 4.90 Å². The van der Waals surface area contributed by atoms with Crippen LogP contribution < -0.4 is 11.1 Å². The van der Waals surface area contributed by atoms with Gasteiger partial charge in [-0.25, -0.2) is 0 Å². The summed E-state index contributed by atoms with van der Waals surface area (Å²) in [7, 11) is 0. The van der Waals surface area contributed by atoms with Crippen molar-refractivity contribution in [2.24, 2.45) is 17.6 Å². The minimum atomic E-state index is -0.743. The van der Waals surface area contributed by atoms with Crippen molar-refractivity contribution in [3.63, 3.8) is 0 Å². The fourth-order valence-corrected chi connectivity index (χ4v) is 4.21. The van der Waals surface area contributed by atoms with Crippen molar-refractivity contribution in [1.82, 2.24) is 9.88 Å². The molecule has 7 nitrogen and oxygen atoms in total. The third-order valence-electron chi connectivity index (χ3n) is 6.14. The number of carbonyl (C=O) groups excluding carboxylic acids is 3. The number of nitrogens with two attached hydrogens (primary N) is 1. The minimum Gasteiger partial charge on any atom is -0.366 e. The van der Waals surface area contributed by atoms with Crippen LogP contribution in [0.2, 0.25) is 0 Å². The number of likely N-dealkylation sites (tertiary alicyclic amines) is 1. The van der Waals surface area contributed by atoms with E-state index in [0.29, 0.717) is 12.5 Å². The van der Waals surface area contributed by atoms with Crippen molar-refractivity contribution < 1.29 is 14.4 Å². The Morgan fingerprint density at radius 2 is 1.84 bits per heavy atom. The molecule has 0 unspecified atom stereocenters. The maximum Gasteiger partial charge on any atom is 0.313 e. The van der Waals surface area contributed by atoms with Crippen molar-refractivity contribution in [3.8, 4) is 0 Å². The summed E-state index contributed by atoms with van der Waals surface area (Å²) in [4.78, 5) is 42.7. The molecule has 2 heterocycles. The van der Waals surface area contributed by atoms with Crippen LogP contribution in [0.15, 0.2) is 42.7 Å². The molecular formula is C24H28N4O3. The topological polar surface area (TPSA) is 105 Å². The monoisotopic (exact) mass is 420 g/mol. The Bertz CT molecular complexity index is 985. The molecule has 4 rings (SSSR count). The van der Waals surface area contributed by atoms with Crippen LogP contribution in [0.4, 0.5) is 5.69 Å². The van der Waals surface area contributed by atoms with Gasteiger partial charge in [-0.1, -0.05) is 31.2 Å². The van der Waals surface area contributed by atoms with Gasteiger partial charge < -0.3 is 16.0 Å². The summed E-state index contributed by atoms with van der Waals surface area (Å²) < 4.78 is 0. The molecule has 0 bridgehead atoms. The highest BCUT2D eigenvalue weighted by Crippen LogP contribution is 2.35. The molecule has 2 atom stereocenters. The largest absolute Gasteiger partial charge is 0.366 e. The fraction of sp³-hybridized carbons (Fsp3) is 0.417. The molecule has 2 aromatic rings. The minimum absolute atomic E-state index is 0.125. The first kappa shape index (κ1) is 21.0. The smallest absolute Gasteiger partial charge is 0.313 e. The van der Waals surface area contributed by atoms with Crippen LogP contribution in [0.5, 0.6) is 0 Å². The molecule has 0 radical (unpaired) electrons. The molecule has 7 heteroatoms. The average Bonchev–Trinajstić information content (AvgIpc) is 3.58. The zero-order chi connectivity index (χ0) is 22.0. The van der Waals surface area contributed by atoms with Crippen molar-refractivity contribution in [2.75, 3.05) is 11.9 Å². The van der Waals surface area contributed by atoms with E-state index in [1.807, 2.05) is 0 Å². The number of nitrogens with zero attached hydrogens (tertiary/aromatic N) is 2. The number of piperidine rings is 1. The van der Waals surface area contributed by atoms with Crippen molar-refractivity contribution >= 4 is 23.4 Å². The highest BCUT2D eigenvalue weighted by molar-refractivity contribution is 6.39. The number of rotatable bonds is 5. The predicted molar refractivity (Wildman–Crippen MR) is 117 cm³/mol. The normalized spacial score (nSPS) is 20.9. The number of hydrogen-bond donors (Lipinski definition) is 2. The molecule has 1 aromatic carbocycles. The molecule has 2 fully saturated rings. The van der Waals surface area contributed by atoms with Crippen LogP contribution in [0.1, 0.15) is 60.1 Å². The van der Waals surface area contributed by atoms with Crippen LogP contribution in [0.25, 0.3) is 0 Å². The zero-order valence-electron chi connectivity index (χ0n) is 17.7. The Labute approximate surface area is 182 Å². The molecule has 3 amide bonds. The summed E-state index contributed by atoms with van der Waals surface area (Å²) in [6.45, 7) is 2.62. The third-order valence-corrected chi connectivity index (χ3v) is 6.14. The lowest BCUT2D eigenvalue weighted by Gasteiger charge is -2.38. The molecule has 1 aromatic heterocycles. The second-order valence-electron chi connectivity index (χ2n) is 8.83. The molecule has 1 saturated carbocycles. The number of benzene rings is 1. The van der Waals surface area contributed by atoms with E-state index in [1.165, 1.54) is 36.9 Å². The molecule has 1 saturated heterocycles. The van der Waals surface area contributed by atoms with E-state index < -0.39 is 17.7 Å². The second-order valence-corrected chi connectivity index (χ2v) is 8.83. The van der Waals surface area contributed by atoms with Gasteiger partial charge in [0.05, 0.1) is 23.5 Å². The van der Waals surface area contributed by atoms with Gasteiger partial charge >= 0.3 is 11.8 Å². The Kier molecular flexibility index (Phi) is 6.02. The van der Waals surface area contributed by atoms with Gasteiger partial charge in [-0.3, -0.25) is 19.4 Å². The lowest BCUT2D eigenvalue weighted by Crippen LogP contribution is -2.46. The summed E-state index contributed by atoms with van der Waals surface area (Å²) in [6.07, 6.45) is 8.27. The predicted octanol–water partition coefficient (Wildman–Crippen LogP) is 3.07. The summed E-state index contributed by atoms with van der Waals surface area (Å²) in [5, 5.41) is 2.56. The van der Waals surface area contributed by atoms with Gasteiger partial charge in [-0.2, -0.15) is 0 Å². The van der Waals surface area contributed by atoms with Crippen molar-refractivity contribution in [2.45, 2.75) is 45.1 Å². The van der Waals surface area contributed by atoms with Crippen LogP contribution in [0, 0.1) is 11.8 Å². The molecule has 2 aliphatic rings. The van der Waals surface area contributed by atoms with E-state index in [0.717, 1.165) is 30.7 Å². The quantitative estimate of drug-likeness (QED) is 0.725. The number of nitrogens with one attached hydrogen (secondary N) is 1. The van der Waals surface area contributed by atoms with E-state index in [2.05, 4.69) is 41.5 Å². The van der Waals surface area contributed by atoms with E-state index in [4.69, 9.17) is 5.73 Å². The number of aromatic nitrogens is 1. The van der Waals surface area contributed by atoms with Gasteiger partial charge in [0.15, 0.2) is 0 Å². The molecule has 1 aliphatic carbocycles. The SMILES string of the molecule is C[C@@H]1CC[C@@H](c2ccc(CC3CC3)cc2)N(C(=O)C(=O)Nc2cncc(C(N)=O)c2)C1. The van der Waals surface area contributed by atoms with Gasteiger partial charge in [0.2, 0.25) is 5.91 Å². The number of carbonyl (C=O) groups is 3. The maximum atomic E-state index is 13.1. The summed E-state index contributed by atoms with van der Waals surface area (Å²) in [5.41, 5.74) is 8.08. The van der Waals surface area contributed by atoms with Gasteiger partial charge in [0.1, 0.15) is 0 Å². The lowest BCUT2D eigenvalue weighted by molar-refractivity contribution is -0.146. The first-order valence-electron chi connectivity index (χ1n) is 10.9. The van der Waals surface area contributed by atoms with E-state index in [9.17, 15) is 14.4 Å². The van der Waals surface area contributed by atoms with E-state index in [-0.39, 0.29) is 17.3 Å². The average molecular weight is 421 g/mol. The highest BCUT2D eigenvalue weighted by atomic mass is 16.2. The van der Waals surface area contributed by atoms with Crippen LogP contribution in [-0.2, 0) is 16.0 Å². The first-order valence-corrected chi connectivity index (χ1v) is 10.9. The van der Waals surface area contributed by atoms with E-state index >= 15 is 0 Å². The van der Waals surface area contributed by atoms with Gasteiger partial charge in [-0.15, -0.1) is 0 Å². The molecule has 1 aliphatic heterocycles. The number of hydrogen-bond acceptors (Lipinski definition) is 4. The van der Waals surface area contributed by atoms with Gasteiger partial charge in [0, 0.05) is 12.7 Å². The maximum absolute atomic E-state index is 13.1. The number of amides is 3. The van der Waals surface area contributed by atoms with Crippen LogP contribution >= 0.6 is 0 Å². The first-order chi connectivity index (χ1) is 14.9. The fourth-order valence-electron chi connectivity index (χ4n) is 4.21. The highest BCUT2D eigenvalue weighted by Gasteiger charge is 2.34.